The van der Waals surface area contributed by atoms with Gasteiger partial charge in [-0.25, -0.2) is 15.0 Å². The minimum atomic E-state index is 0.563. The standard InChI is InChI=1S/C44H24N4/c45-25-26-15-17-31(18-16-26)43-46-42(30-7-2-1-3-8-30)47-44(48-43)33-23-32-22-21-29-10-5-13-35-34-12-4-9-27-19-20-28-11-6-14-36(40(28)38(27)34)37(24-33)41(32)39(29)35/h1-24H. The van der Waals surface area contributed by atoms with Gasteiger partial charge in [0.2, 0.25) is 0 Å². The maximum absolute atomic E-state index is 9.39. The fourth-order valence-corrected chi connectivity index (χ4v) is 7.46. The Morgan fingerprint density at radius 3 is 1.35 bits per heavy atom. The molecule has 10 rings (SSSR count). The van der Waals surface area contributed by atoms with E-state index in [4.69, 9.17) is 15.0 Å². The van der Waals surface area contributed by atoms with Crippen LogP contribution in [0.4, 0.5) is 0 Å². The number of rotatable bonds is 3. The summed E-state index contributed by atoms with van der Waals surface area (Å²) in [5, 5.41) is 24.1. The maximum atomic E-state index is 9.39. The molecule has 0 saturated carbocycles. The lowest BCUT2D eigenvalue weighted by Crippen LogP contribution is -2.00. The minimum absolute atomic E-state index is 0.563. The average Bonchev–Trinajstić information content (AvgIpc) is 3.16. The van der Waals surface area contributed by atoms with E-state index in [1.54, 1.807) is 12.1 Å². The molecule has 1 heterocycles. The van der Waals surface area contributed by atoms with Crippen molar-refractivity contribution >= 4 is 64.6 Å². The van der Waals surface area contributed by atoms with Crippen LogP contribution in [0.2, 0.25) is 0 Å². The molecule has 0 atom stereocenters. The lowest BCUT2D eigenvalue weighted by atomic mass is 9.87. The van der Waals surface area contributed by atoms with Gasteiger partial charge in [0.25, 0.3) is 0 Å². The van der Waals surface area contributed by atoms with Gasteiger partial charge in [0, 0.05) is 16.7 Å². The van der Waals surface area contributed by atoms with Crippen LogP contribution in [0.1, 0.15) is 5.56 Å². The van der Waals surface area contributed by atoms with Gasteiger partial charge in [-0.3, -0.25) is 0 Å². The Labute approximate surface area is 275 Å². The lowest BCUT2D eigenvalue weighted by Gasteiger charge is -2.17. The molecule has 9 aromatic carbocycles. The van der Waals surface area contributed by atoms with E-state index in [0.29, 0.717) is 23.0 Å². The first-order chi connectivity index (χ1) is 23.7. The van der Waals surface area contributed by atoms with Crippen LogP contribution in [0, 0.1) is 11.3 Å². The fourth-order valence-electron chi connectivity index (χ4n) is 7.46. The quantitative estimate of drug-likeness (QED) is 0.187. The third-order valence-corrected chi connectivity index (χ3v) is 9.62. The van der Waals surface area contributed by atoms with Gasteiger partial charge in [-0.15, -0.1) is 0 Å². The Bertz CT molecular complexity index is 2930. The Balaban J connectivity index is 1.36. The number of nitriles is 1. The molecule has 220 valence electrons. The summed E-state index contributed by atoms with van der Waals surface area (Å²) in [5.41, 5.74) is 3.25. The zero-order chi connectivity index (χ0) is 31.8. The molecule has 48 heavy (non-hydrogen) atoms. The normalized spacial score (nSPS) is 11.7. The van der Waals surface area contributed by atoms with Crippen LogP contribution in [0.25, 0.3) is 98.8 Å². The zero-order valence-electron chi connectivity index (χ0n) is 25.6. The first-order valence-corrected chi connectivity index (χ1v) is 16.0. The summed E-state index contributed by atoms with van der Waals surface area (Å²) in [4.78, 5) is 15.1. The van der Waals surface area contributed by atoms with Crippen LogP contribution in [0.15, 0.2) is 146 Å². The van der Waals surface area contributed by atoms with Crippen molar-refractivity contribution in [1.29, 1.82) is 5.26 Å². The zero-order valence-corrected chi connectivity index (χ0v) is 25.6. The van der Waals surface area contributed by atoms with Gasteiger partial charge in [-0.2, -0.15) is 5.26 Å². The Morgan fingerprint density at radius 2 is 0.812 bits per heavy atom. The third kappa shape index (κ3) is 3.92. The van der Waals surface area contributed by atoms with Crippen LogP contribution in [0.3, 0.4) is 0 Å². The van der Waals surface area contributed by atoms with E-state index in [1.165, 1.54) is 53.9 Å². The number of hydrogen-bond acceptors (Lipinski definition) is 4. The van der Waals surface area contributed by atoms with Crippen molar-refractivity contribution in [1.82, 2.24) is 15.0 Å². The molecule has 0 aliphatic carbocycles. The van der Waals surface area contributed by atoms with Gasteiger partial charge in [-0.05, 0) is 101 Å². The van der Waals surface area contributed by atoms with Crippen LogP contribution in [-0.2, 0) is 0 Å². The predicted octanol–water partition coefficient (Wildman–Crippen LogP) is 11.1. The van der Waals surface area contributed by atoms with Crippen molar-refractivity contribution in [2.75, 3.05) is 0 Å². The molecule has 0 bridgehead atoms. The monoisotopic (exact) mass is 608 g/mol. The second kappa shape index (κ2) is 10.2. The van der Waals surface area contributed by atoms with E-state index in [2.05, 4.69) is 97.1 Å². The second-order valence-electron chi connectivity index (χ2n) is 12.3. The third-order valence-electron chi connectivity index (χ3n) is 9.62. The largest absolute Gasteiger partial charge is 0.208 e. The van der Waals surface area contributed by atoms with Crippen LogP contribution >= 0.6 is 0 Å². The van der Waals surface area contributed by atoms with Crippen molar-refractivity contribution in [3.63, 3.8) is 0 Å². The predicted molar refractivity (Wildman–Crippen MR) is 197 cm³/mol. The van der Waals surface area contributed by atoms with Crippen molar-refractivity contribution in [3.8, 4) is 40.2 Å². The minimum Gasteiger partial charge on any atom is -0.208 e. The first-order valence-electron chi connectivity index (χ1n) is 16.0. The van der Waals surface area contributed by atoms with E-state index >= 15 is 0 Å². The molecule has 4 nitrogen and oxygen atoms in total. The molecule has 0 spiro atoms. The Hall–Kier alpha value is -6.70. The highest BCUT2D eigenvalue weighted by molar-refractivity contribution is 6.37. The van der Waals surface area contributed by atoms with Crippen LogP contribution in [0.5, 0.6) is 0 Å². The van der Waals surface area contributed by atoms with Gasteiger partial charge in [0.1, 0.15) is 0 Å². The molecule has 1 aromatic heterocycles. The molecular weight excluding hydrogens is 585 g/mol. The highest BCUT2D eigenvalue weighted by atomic mass is 15.0. The molecule has 0 radical (unpaired) electrons. The van der Waals surface area contributed by atoms with E-state index in [-0.39, 0.29) is 0 Å². The van der Waals surface area contributed by atoms with Gasteiger partial charge in [-0.1, -0.05) is 109 Å². The fraction of sp³-hybridized carbons (Fsp3) is 0. The Kier molecular flexibility index (Phi) is 5.61. The van der Waals surface area contributed by atoms with Crippen molar-refractivity contribution in [2.45, 2.75) is 0 Å². The molecule has 0 unspecified atom stereocenters. The highest BCUT2D eigenvalue weighted by Crippen LogP contribution is 2.44. The van der Waals surface area contributed by atoms with Crippen molar-refractivity contribution < 1.29 is 0 Å². The number of fused-ring (bicyclic) bond motifs is 2. The van der Waals surface area contributed by atoms with E-state index in [1.807, 2.05) is 42.5 Å². The summed E-state index contributed by atoms with van der Waals surface area (Å²) in [6.45, 7) is 0. The topological polar surface area (TPSA) is 62.5 Å². The van der Waals surface area contributed by atoms with Crippen molar-refractivity contribution in [2.24, 2.45) is 0 Å². The molecule has 0 saturated heterocycles. The average molecular weight is 609 g/mol. The second-order valence-corrected chi connectivity index (χ2v) is 12.3. The first kappa shape index (κ1) is 26.5. The highest BCUT2D eigenvalue weighted by Gasteiger charge is 2.18. The maximum Gasteiger partial charge on any atom is 0.164 e. The van der Waals surface area contributed by atoms with Gasteiger partial charge in [0.15, 0.2) is 17.5 Å². The summed E-state index contributed by atoms with van der Waals surface area (Å²) in [6, 6.07) is 53.0. The summed E-state index contributed by atoms with van der Waals surface area (Å²) < 4.78 is 0. The van der Waals surface area contributed by atoms with E-state index in [9.17, 15) is 5.26 Å². The van der Waals surface area contributed by atoms with Gasteiger partial charge in [0.05, 0.1) is 11.6 Å². The number of nitrogens with zero attached hydrogens (tertiary/aromatic N) is 4. The molecule has 10 aromatic rings. The van der Waals surface area contributed by atoms with E-state index < -0.39 is 0 Å². The van der Waals surface area contributed by atoms with Crippen molar-refractivity contribution in [3.05, 3.63) is 151 Å². The summed E-state index contributed by atoms with van der Waals surface area (Å²) in [6.07, 6.45) is 0. The lowest BCUT2D eigenvalue weighted by molar-refractivity contribution is 1.07. The molecular formula is C44H24N4. The van der Waals surface area contributed by atoms with Gasteiger partial charge >= 0.3 is 0 Å². The van der Waals surface area contributed by atoms with Crippen LogP contribution < -0.4 is 0 Å². The molecule has 0 aliphatic heterocycles. The molecule has 0 aliphatic rings. The van der Waals surface area contributed by atoms with Crippen LogP contribution in [-0.4, -0.2) is 15.0 Å². The summed E-state index contributed by atoms with van der Waals surface area (Å²) in [5.74, 6) is 1.76. The smallest absolute Gasteiger partial charge is 0.164 e. The molecule has 4 heteroatoms. The molecule has 0 N–H and O–H groups in total. The molecule has 0 amide bonds. The SMILES string of the molecule is N#Cc1ccc(-c2nc(-c3ccccc3)nc(-c3cc4ccc5cccc6c7cccc8ccc9cccc(c(c3)c4c56)c9c87)n2)cc1. The summed E-state index contributed by atoms with van der Waals surface area (Å²) >= 11 is 0. The number of benzene rings is 8. The number of aromatic nitrogens is 3. The van der Waals surface area contributed by atoms with Gasteiger partial charge < -0.3 is 0 Å². The van der Waals surface area contributed by atoms with E-state index in [0.717, 1.165) is 27.5 Å². The summed E-state index contributed by atoms with van der Waals surface area (Å²) in [7, 11) is 0. The Morgan fingerprint density at radius 1 is 0.354 bits per heavy atom. The number of hydrogen-bond donors (Lipinski definition) is 0. The molecule has 0 fully saturated rings.